The molecule has 0 aliphatic carbocycles. The number of nitrogens with one attached hydrogen (secondary N) is 1. The minimum Gasteiger partial charge on any atom is -0.391 e. The van der Waals surface area contributed by atoms with Crippen LogP contribution in [0.5, 0.6) is 0 Å². The van der Waals surface area contributed by atoms with E-state index in [1.54, 1.807) is 0 Å². The van der Waals surface area contributed by atoms with Gasteiger partial charge in [0.1, 0.15) is 13.2 Å². The van der Waals surface area contributed by atoms with Gasteiger partial charge in [-0.1, -0.05) is 281 Å². The molecule has 0 bridgehead atoms. The van der Waals surface area contributed by atoms with E-state index in [1.807, 2.05) is 21.1 Å². The van der Waals surface area contributed by atoms with Gasteiger partial charge in [-0.2, -0.15) is 0 Å². The van der Waals surface area contributed by atoms with Crippen molar-refractivity contribution in [2.24, 2.45) is 0 Å². The number of phosphoric acid groups is 1. The molecule has 3 N–H and O–H groups in total. The second-order valence-corrected chi connectivity index (χ2v) is 23.9. The molecule has 0 radical (unpaired) electrons. The molecule has 0 saturated carbocycles. The molecule has 0 aromatic carbocycles. The van der Waals surface area contributed by atoms with Crippen LogP contribution in [0.25, 0.3) is 0 Å². The van der Waals surface area contributed by atoms with E-state index >= 15 is 0 Å². The summed E-state index contributed by atoms with van der Waals surface area (Å²) in [5.74, 6) is -0.153. The molecule has 71 heavy (non-hydrogen) atoms. The number of aliphatic hydroxyl groups excluding tert-OH is 1. The van der Waals surface area contributed by atoms with Gasteiger partial charge < -0.3 is 19.8 Å². The van der Waals surface area contributed by atoms with E-state index in [0.29, 0.717) is 23.9 Å². The fraction of sp³-hybridized carbons (Fsp3) is 0.887. The van der Waals surface area contributed by atoms with Crippen molar-refractivity contribution in [2.75, 3.05) is 40.9 Å². The Hall–Kier alpha value is -1.28. The van der Waals surface area contributed by atoms with Gasteiger partial charge in [0.2, 0.25) is 5.91 Å². The first-order chi connectivity index (χ1) is 34.5. The number of hydrogen-bond acceptors (Lipinski definition) is 5. The molecule has 0 aliphatic rings. The van der Waals surface area contributed by atoms with Crippen molar-refractivity contribution in [3.8, 4) is 0 Å². The van der Waals surface area contributed by atoms with Crippen LogP contribution in [0.4, 0.5) is 0 Å². The van der Waals surface area contributed by atoms with Crippen molar-refractivity contribution >= 4 is 13.7 Å². The van der Waals surface area contributed by atoms with Gasteiger partial charge in [-0.05, 0) is 51.4 Å². The molecule has 0 saturated heterocycles. The Morgan fingerprint density at radius 2 is 0.803 bits per heavy atom. The third kappa shape index (κ3) is 56.3. The molecule has 0 fully saturated rings. The van der Waals surface area contributed by atoms with E-state index in [2.05, 4.69) is 55.6 Å². The van der Waals surface area contributed by atoms with E-state index in [4.69, 9.17) is 9.05 Å². The van der Waals surface area contributed by atoms with E-state index in [1.165, 1.54) is 212 Å². The van der Waals surface area contributed by atoms with Crippen LogP contribution in [-0.4, -0.2) is 73.4 Å². The van der Waals surface area contributed by atoms with Crippen molar-refractivity contribution in [3.05, 3.63) is 36.5 Å². The highest BCUT2D eigenvalue weighted by atomic mass is 31.2. The summed E-state index contributed by atoms with van der Waals surface area (Å²) in [5, 5.41) is 14.1. The zero-order valence-electron chi connectivity index (χ0n) is 48.0. The molecule has 0 aliphatic heterocycles. The Morgan fingerprint density at radius 3 is 1.17 bits per heavy atom. The maximum Gasteiger partial charge on any atom is 0.472 e. The number of allylic oxidation sites excluding steroid dienone is 6. The second kappa shape index (κ2) is 53.5. The number of carbonyl (C=O) groups excluding carboxylic acids is 1. The Bertz CT molecular complexity index is 1250. The molecular formula is C62H122N2O6P+. The summed E-state index contributed by atoms with van der Waals surface area (Å²) in [6, 6.07) is -0.769. The van der Waals surface area contributed by atoms with Gasteiger partial charge >= 0.3 is 7.82 Å². The fourth-order valence-corrected chi connectivity index (χ4v) is 10.0. The molecule has 8 nitrogen and oxygen atoms in total. The molecule has 0 spiro atoms. The second-order valence-electron chi connectivity index (χ2n) is 22.4. The van der Waals surface area contributed by atoms with Crippen LogP contribution < -0.4 is 5.32 Å². The number of phosphoric ester groups is 1. The number of quaternary nitrogens is 1. The van der Waals surface area contributed by atoms with E-state index in [-0.39, 0.29) is 19.1 Å². The Kier molecular flexibility index (Phi) is 52.6. The quantitative estimate of drug-likeness (QED) is 0.0243. The molecule has 0 aromatic heterocycles. The normalized spacial score (nSPS) is 14.1. The van der Waals surface area contributed by atoms with Crippen molar-refractivity contribution in [1.82, 2.24) is 5.32 Å². The lowest BCUT2D eigenvalue weighted by atomic mass is 10.0. The summed E-state index contributed by atoms with van der Waals surface area (Å²) in [6.07, 6.45) is 69.3. The minimum absolute atomic E-state index is 0.0719. The molecule has 420 valence electrons. The van der Waals surface area contributed by atoms with Crippen LogP contribution in [-0.2, 0) is 18.4 Å². The molecule has 3 atom stereocenters. The first-order valence-corrected chi connectivity index (χ1v) is 32.3. The Labute approximate surface area is 442 Å². The number of carbonyl (C=O) groups is 1. The van der Waals surface area contributed by atoms with E-state index in [9.17, 15) is 19.4 Å². The third-order valence-electron chi connectivity index (χ3n) is 14.1. The maximum absolute atomic E-state index is 13.0. The number of unbranched alkanes of at least 4 members (excludes halogenated alkanes) is 38. The molecular weight excluding hydrogens is 900 g/mol. The van der Waals surface area contributed by atoms with Gasteiger partial charge in [0.25, 0.3) is 0 Å². The first kappa shape index (κ1) is 69.7. The fourth-order valence-electron chi connectivity index (χ4n) is 9.29. The monoisotopic (exact) mass is 1020 g/mol. The summed E-state index contributed by atoms with van der Waals surface area (Å²) in [5.41, 5.74) is 0. The lowest BCUT2D eigenvalue weighted by Crippen LogP contribution is -2.46. The van der Waals surface area contributed by atoms with Gasteiger partial charge in [-0.3, -0.25) is 13.8 Å². The first-order valence-electron chi connectivity index (χ1n) is 30.9. The number of likely N-dealkylation sites (N-methyl/N-ethyl adjacent to an activating group) is 1. The molecule has 1 amide bonds. The zero-order chi connectivity index (χ0) is 52.0. The van der Waals surface area contributed by atoms with Gasteiger partial charge in [-0.15, -0.1) is 0 Å². The predicted octanol–water partition coefficient (Wildman–Crippen LogP) is 18.9. The number of amides is 1. The van der Waals surface area contributed by atoms with Gasteiger partial charge in [0.15, 0.2) is 0 Å². The average Bonchev–Trinajstić information content (AvgIpc) is 3.33. The Morgan fingerprint density at radius 1 is 0.479 bits per heavy atom. The van der Waals surface area contributed by atoms with Gasteiger partial charge in [-0.25, -0.2) is 4.57 Å². The zero-order valence-corrected chi connectivity index (χ0v) is 48.9. The standard InChI is InChI=1S/C62H121N2O6P/c1-6-8-10-12-14-16-18-20-22-24-26-28-29-30-31-32-33-34-36-37-39-41-43-45-47-49-51-53-55-61(65)60(59-70-71(67,68)69-58-57-64(3,4)5)63-62(66)56-54-52-50-48-46-44-42-40-38-35-27-25-23-21-19-17-15-13-11-9-7-2/h19,21,25,27,38,40,60-61,65H,6-18,20,22-24,26,28-37,39,41-59H2,1-5H3,(H-,63,66,67,68)/p+1/b21-19-,27-25-,40-38-. The van der Waals surface area contributed by atoms with Crippen LogP contribution in [0, 0.1) is 0 Å². The van der Waals surface area contributed by atoms with Crippen molar-refractivity contribution < 1.29 is 32.9 Å². The molecule has 3 unspecified atom stereocenters. The highest BCUT2D eigenvalue weighted by Crippen LogP contribution is 2.43. The Balaban J connectivity index is 4.12. The number of aliphatic hydroxyl groups is 1. The number of nitrogens with zero attached hydrogens (tertiary/aromatic N) is 1. The SMILES string of the molecule is CCCCCCC/C=C\C/C=C\C/C=C\CCCCCCCCC(=O)NC(COP(=O)(O)OCC[N+](C)(C)C)C(O)CCCCCCCCCCCCCCCCCCCCCCCCCCCCCC. The summed E-state index contributed by atoms with van der Waals surface area (Å²) >= 11 is 0. The maximum atomic E-state index is 13.0. The van der Waals surface area contributed by atoms with Crippen LogP contribution >= 0.6 is 7.82 Å². The third-order valence-corrected chi connectivity index (χ3v) is 15.1. The average molecular weight is 1020 g/mol. The topological polar surface area (TPSA) is 105 Å². The number of rotatable bonds is 57. The van der Waals surface area contributed by atoms with Crippen molar-refractivity contribution in [2.45, 2.75) is 315 Å². The van der Waals surface area contributed by atoms with Crippen LogP contribution in [0.15, 0.2) is 36.5 Å². The molecule has 9 heteroatoms. The van der Waals surface area contributed by atoms with Crippen molar-refractivity contribution in [1.29, 1.82) is 0 Å². The van der Waals surface area contributed by atoms with Crippen molar-refractivity contribution in [3.63, 3.8) is 0 Å². The lowest BCUT2D eigenvalue weighted by molar-refractivity contribution is -0.870. The smallest absolute Gasteiger partial charge is 0.391 e. The summed E-state index contributed by atoms with van der Waals surface area (Å²) in [4.78, 5) is 23.4. The minimum atomic E-state index is -4.33. The van der Waals surface area contributed by atoms with E-state index in [0.717, 1.165) is 64.2 Å². The lowest BCUT2D eigenvalue weighted by Gasteiger charge is -2.26. The summed E-state index contributed by atoms with van der Waals surface area (Å²) < 4.78 is 23.8. The van der Waals surface area contributed by atoms with Gasteiger partial charge in [0, 0.05) is 6.42 Å². The summed E-state index contributed by atoms with van der Waals surface area (Å²) in [6.45, 7) is 4.90. The molecule has 0 heterocycles. The van der Waals surface area contributed by atoms with Crippen LogP contribution in [0.3, 0.4) is 0 Å². The largest absolute Gasteiger partial charge is 0.472 e. The number of hydrogen-bond donors (Lipinski definition) is 3. The summed E-state index contributed by atoms with van der Waals surface area (Å²) in [7, 11) is 1.61. The highest BCUT2D eigenvalue weighted by Gasteiger charge is 2.28. The van der Waals surface area contributed by atoms with Crippen LogP contribution in [0.1, 0.15) is 303 Å². The predicted molar refractivity (Wildman–Crippen MR) is 309 cm³/mol. The van der Waals surface area contributed by atoms with Crippen LogP contribution in [0.2, 0.25) is 0 Å². The van der Waals surface area contributed by atoms with E-state index < -0.39 is 20.0 Å². The molecule has 0 aromatic rings. The highest BCUT2D eigenvalue weighted by molar-refractivity contribution is 7.47. The van der Waals surface area contributed by atoms with Gasteiger partial charge in [0.05, 0.1) is 39.9 Å². The molecule has 0 rings (SSSR count).